The van der Waals surface area contributed by atoms with Crippen LogP contribution in [0, 0.1) is 10.1 Å². The maximum atomic E-state index is 10.8. The number of nitrogens with two attached hydrogens (primary N) is 1. The second-order valence-electron chi connectivity index (χ2n) is 4.37. The Morgan fingerprint density at radius 3 is 2.83 bits per heavy atom. The van der Waals surface area contributed by atoms with Crippen LogP contribution in [0.2, 0.25) is 0 Å². The van der Waals surface area contributed by atoms with Crippen molar-refractivity contribution in [3.8, 4) is 0 Å². The lowest BCUT2D eigenvalue weighted by atomic mass is 10.2. The van der Waals surface area contributed by atoms with E-state index in [0.717, 1.165) is 0 Å². The van der Waals surface area contributed by atoms with E-state index in [0.29, 0.717) is 12.0 Å². The highest BCUT2D eigenvalue weighted by atomic mass is 16.6. The highest BCUT2D eigenvalue weighted by molar-refractivity contribution is 5.84. The lowest BCUT2D eigenvalue weighted by Gasteiger charge is -2.07. The van der Waals surface area contributed by atoms with Gasteiger partial charge in [-0.2, -0.15) is 0 Å². The Morgan fingerprint density at radius 1 is 1.61 bits per heavy atom. The number of carbonyl (C=O) groups is 1. The molecule has 0 amide bonds. The second-order valence-corrected chi connectivity index (χ2v) is 4.37. The zero-order valence-electron chi connectivity index (χ0n) is 9.50. The molecule has 1 aromatic carbocycles. The maximum Gasteiger partial charge on any atom is 0.325 e. The van der Waals surface area contributed by atoms with Crippen molar-refractivity contribution in [1.29, 1.82) is 0 Å². The second kappa shape index (κ2) is 4.35. The van der Waals surface area contributed by atoms with Crippen LogP contribution in [0.5, 0.6) is 0 Å². The zero-order valence-corrected chi connectivity index (χ0v) is 9.50. The van der Waals surface area contributed by atoms with Crippen molar-refractivity contribution in [3.63, 3.8) is 0 Å². The van der Waals surface area contributed by atoms with Gasteiger partial charge in [-0.25, -0.2) is 0 Å². The quantitative estimate of drug-likeness (QED) is 0.509. The molecule has 0 saturated heterocycles. The van der Waals surface area contributed by atoms with E-state index in [9.17, 15) is 14.9 Å². The average Bonchev–Trinajstić information content (AvgIpc) is 3.00. The van der Waals surface area contributed by atoms with Gasteiger partial charge in [-0.15, -0.1) is 0 Å². The van der Waals surface area contributed by atoms with Crippen molar-refractivity contribution < 1.29 is 14.8 Å². The Hall–Kier alpha value is -1.99. The summed E-state index contributed by atoms with van der Waals surface area (Å²) in [4.78, 5) is 21.1. The highest BCUT2D eigenvalue weighted by Gasteiger charge is 2.57. The summed E-state index contributed by atoms with van der Waals surface area (Å²) in [5, 5.41) is 22.6. The van der Waals surface area contributed by atoms with Gasteiger partial charge in [0.25, 0.3) is 5.69 Å². The summed E-state index contributed by atoms with van der Waals surface area (Å²) in [5.74, 6) is -1.05. The molecule has 96 valence electrons. The number of nitrogens with one attached hydrogen (secondary N) is 1. The van der Waals surface area contributed by atoms with E-state index < -0.39 is 16.4 Å². The molecule has 0 radical (unpaired) electrons. The van der Waals surface area contributed by atoms with Crippen molar-refractivity contribution in [3.05, 3.63) is 39.9 Å². The molecule has 0 heterocycles. The van der Waals surface area contributed by atoms with Crippen LogP contribution in [0.3, 0.4) is 0 Å². The van der Waals surface area contributed by atoms with Crippen LogP contribution in [0.1, 0.15) is 12.0 Å². The topological polar surface area (TPSA) is 118 Å². The molecular formula is C11H13N3O4. The molecule has 1 saturated carbocycles. The number of nitrogens with zero attached hydrogens (tertiary/aromatic N) is 1. The Bertz CT molecular complexity index is 505. The lowest BCUT2D eigenvalue weighted by Crippen LogP contribution is -2.41. The van der Waals surface area contributed by atoms with Crippen LogP contribution in [0.4, 0.5) is 5.69 Å². The Labute approximate surface area is 103 Å². The van der Waals surface area contributed by atoms with Crippen LogP contribution in [-0.2, 0) is 11.3 Å². The third-order valence-electron chi connectivity index (χ3n) is 3.13. The van der Waals surface area contributed by atoms with E-state index in [4.69, 9.17) is 10.8 Å². The van der Waals surface area contributed by atoms with Gasteiger partial charge in [0.1, 0.15) is 5.54 Å². The number of hydrogen-bond donors (Lipinski definition) is 3. The largest absolute Gasteiger partial charge is 0.480 e. The molecule has 7 nitrogen and oxygen atoms in total. The van der Waals surface area contributed by atoms with Gasteiger partial charge < -0.3 is 16.2 Å². The summed E-state index contributed by atoms with van der Waals surface area (Å²) in [5.41, 5.74) is 4.90. The molecule has 1 aliphatic carbocycles. The molecule has 1 aromatic rings. The SMILES string of the molecule is NC1(C(=O)O)CC1NCc1ccccc1[N+](=O)[O-]. The van der Waals surface area contributed by atoms with Crippen LogP contribution >= 0.6 is 0 Å². The van der Waals surface area contributed by atoms with Crippen LogP contribution < -0.4 is 11.1 Å². The van der Waals surface area contributed by atoms with Crippen molar-refractivity contribution in [2.75, 3.05) is 0 Å². The molecule has 1 aliphatic rings. The molecule has 2 rings (SSSR count). The fraction of sp³-hybridized carbons (Fsp3) is 0.364. The smallest absolute Gasteiger partial charge is 0.325 e. The minimum atomic E-state index is -1.23. The van der Waals surface area contributed by atoms with Gasteiger partial charge in [0, 0.05) is 24.2 Å². The van der Waals surface area contributed by atoms with E-state index in [1.165, 1.54) is 6.07 Å². The number of carboxylic acids is 1. The molecule has 0 bridgehead atoms. The molecule has 2 atom stereocenters. The molecule has 0 aliphatic heterocycles. The summed E-state index contributed by atoms with van der Waals surface area (Å²) in [6.07, 6.45) is 0.336. The summed E-state index contributed by atoms with van der Waals surface area (Å²) in [7, 11) is 0. The molecule has 2 unspecified atom stereocenters. The Balaban J connectivity index is 2.00. The van der Waals surface area contributed by atoms with Crippen LogP contribution in [0.25, 0.3) is 0 Å². The first-order valence-corrected chi connectivity index (χ1v) is 5.43. The number of para-hydroxylation sites is 1. The van der Waals surface area contributed by atoms with E-state index in [-0.39, 0.29) is 18.3 Å². The summed E-state index contributed by atoms with van der Waals surface area (Å²) in [6, 6.07) is 5.99. The van der Waals surface area contributed by atoms with E-state index >= 15 is 0 Å². The summed E-state index contributed by atoms with van der Waals surface area (Å²) in [6.45, 7) is 0.230. The number of carboxylic acid groups (broad SMARTS) is 1. The predicted octanol–water partition coefficient (Wildman–Crippen LogP) is 0.239. The van der Waals surface area contributed by atoms with Crippen LogP contribution in [-0.4, -0.2) is 27.6 Å². The minimum absolute atomic E-state index is 0.0172. The molecule has 4 N–H and O–H groups in total. The van der Waals surface area contributed by atoms with Crippen molar-refractivity contribution >= 4 is 11.7 Å². The number of nitro groups is 1. The fourth-order valence-electron chi connectivity index (χ4n) is 1.84. The van der Waals surface area contributed by atoms with Crippen molar-refractivity contribution in [2.24, 2.45) is 5.73 Å². The summed E-state index contributed by atoms with van der Waals surface area (Å²) >= 11 is 0. The monoisotopic (exact) mass is 251 g/mol. The number of nitro benzene ring substituents is 1. The predicted molar refractivity (Wildman–Crippen MR) is 62.9 cm³/mol. The minimum Gasteiger partial charge on any atom is -0.480 e. The number of benzene rings is 1. The zero-order chi connectivity index (χ0) is 13.3. The molecule has 1 fully saturated rings. The highest BCUT2D eigenvalue weighted by Crippen LogP contribution is 2.34. The van der Waals surface area contributed by atoms with Gasteiger partial charge in [0.05, 0.1) is 4.92 Å². The summed E-state index contributed by atoms with van der Waals surface area (Å²) < 4.78 is 0. The Morgan fingerprint density at radius 2 is 2.28 bits per heavy atom. The first-order valence-electron chi connectivity index (χ1n) is 5.43. The molecule has 0 aromatic heterocycles. The third kappa shape index (κ3) is 2.18. The van der Waals surface area contributed by atoms with E-state index in [1.54, 1.807) is 18.2 Å². The van der Waals surface area contributed by atoms with Crippen molar-refractivity contribution in [2.45, 2.75) is 24.5 Å². The standard InChI is InChI=1S/C11H13N3O4/c12-11(10(15)16)5-9(11)13-6-7-3-1-2-4-8(7)14(17)18/h1-4,9,13H,5-6,12H2,(H,15,16). The van der Waals surface area contributed by atoms with Crippen molar-refractivity contribution in [1.82, 2.24) is 5.32 Å². The van der Waals surface area contributed by atoms with Gasteiger partial charge in [-0.1, -0.05) is 18.2 Å². The number of rotatable bonds is 5. The maximum absolute atomic E-state index is 10.8. The first kappa shape index (κ1) is 12.5. The van der Waals surface area contributed by atoms with E-state index in [1.807, 2.05) is 0 Å². The normalized spacial score (nSPS) is 25.7. The van der Waals surface area contributed by atoms with E-state index in [2.05, 4.69) is 5.32 Å². The molecular weight excluding hydrogens is 238 g/mol. The van der Waals surface area contributed by atoms with Gasteiger partial charge >= 0.3 is 5.97 Å². The number of aliphatic carboxylic acids is 1. The Kier molecular flexibility index (Phi) is 3.02. The van der Waals surface area contributed by atoms with Crippen LogP contribution in [0.15, 0.2) is 24.3 Å². The number of hydrogen-bond acceptors (Lipinski definition) is 5. The average molecular weight is 251 g/mol. The van der Waals surface area contributed by atoms with Gasteiger partial charge in [0.2, 0.25) is 0 Å². The fourth-order valence-corrected chi connectivity index (χ4v) is 1.84. The molecule has 0 spiro atoms. The molecule has 18 heavy (non-hydrogen) atoms. The van der Waals surface area contributed by atoms with Gasteiger partial charge in [0.15, 0.2) is 0 Å². The van der Waals surface area contributed by atoms with Gasteiger partial charge in [-0.3, -0.25) is 14.9 Å². The molecule has 7 heteroatoms. The van der Waals surface area contributed by atoms with Gasteiger partial charge in [-0.05, 0) is 6.42 Å². The first-order chi connectivity index (χ1) is 8.45. The lowest BCUT2D eigenvalue weighted by molar-refractivity contribution is -0.385. The third-order valence-corrected chi connectivity index (χ3v) is 3.13.